The van der Waals surface area contributed by atoms with E-state index < -0.39 is 47.2 Å². The van der Waals surface area contributed by atoms with Crippen LogP contribution in [0.15, 0.2) is 35.1 Å². The number of carbonyl (C=O) groups is 4. The van der Waals surface area contributed by atoms with Crippen molar-refractivity contribution in [1.29, 1.82) is 0 Å². The molecule has 1 aliphatic heterocycles. The van der Waals surface area contributed by atoms with Crippen molar-refractivity contribution in [3.8, 4) is 0 Å². The van der Waals surface area contributed by atoms with E-state index in [-0.39, 0.29) is 47.9 Å². The third-order valence-electron chi connectivity index (χ3n) is 7.37. The van der Waals surface area contributed by atoms with Crippen molar-refractivity contribution in [2.75, 3.05) is 24.6 Å². The Morgan fingerprint density at radius 2 is 1.70 bits per heavy atom. The highest BCUT2D eigenvalue weighted by Crippen LogP contribution is 2.36. The number of carbonyl (C=O) groups excluding carboxylic acids is 4. The topological polar surface area (TPSA) is 167 Å². The molecule has 3 heterocycles. The van der Waals surface area contributed by atoms with Crippen LogP contribution in [0.5, 0.6) is 0 Å². The Bertz CT molecular complexity index is 1800. The first-order valence-corrected chi connectivity index (χ1v) is 16.8. The van der Waals surface area contributed by atoms with E-state index in [4.69, 9.17) is 35.3 Å². The fraction of sp³-hybridized carbons (Fsp3) is 0.514. The molecule has 50 heavy (non-hydrogen) atoms. The summed E-state index contributed by atoms with van der Waals surface area (Å²) in [4.78, 5) is 70.3. The van der Waals surface area contributed by atoms with Gasteiger partial charge in [0.2, 0.25) is 6.29 Å². The van der Waals surface area contributed by atoms with Crippen molar-refractivity contribution < 1.29 is 42.9 Å². The highest BCUT2D eigenvalue weighted by Gasteiger charge is 2.35. The minimum absolute atomic E-state index is 0.0378. The molecule has 1 aliphatic rings. The monoisotopic (exact) mass is 716 g/mol. The summed E-state index contributed by atoms with van der Waals surface area (Å²) in [7, 11) is 0. The second-order valence-corrected chi connectivity index (χ2v) is 14.3. The Kier molecular flexibility index (Phi) is 11.8. The number of nitrogens with zero attached hydrogens (tertiary/aromatic N) is 2. The summed E-state index contributed by atoms with van der Waals surface area (Å²) >= 11 is 6.59. The van der Waals surface area contributed by atoms with Crippen molar-refractivity contribution in [2.24, 2.45) is 0 Å². The molecule has 2 N–H and O–H groups in total. The van der Waals surface area contributed by atoms with Gasteiger partial charge in [0, 0.05) is 36.5 Å². The quantitative estimate of drug-likeness (QED) is 0.148. The molecule has 4 rings (SSSR count). The molecule has 0 radical (unpaired) electrons. The van der Waals surface area contributed by atoms with E-state index in [1.165, 1.54) is 13.0 Å². The maximum atomic E-state index is 14.2. The first-order valence-electron chi connectivity index (χ1n) is 16.4. The number of amides is 1. The Morgan fingerprint density at radius 3 is 2.34 bits per heavy atom. The predicted molar refractivity (Wildman–Crippen MR) is 186 cm³/mol. The van der Waals surface area contributed by atoms with Crippen LogP contribution in [-0.4, -0.2) is 77.0 Å². The van der Waals surface area contributed by atoms with E-state index in [9.17, 15) is 24.0 Å². The SMILES string of the molecule is CCOC(=O)OC(C)OC(=O)c1cc2c(C(=O)OC(C)(C)C)c(N3CCC[C@@H](NC(=O)OC(C)(C)C)C3)n(Cc3ccccc3Cl)c2c(=O)[nH]1. The summed E-state index contributed by atoms with van der Waals surface area (Å²) in [5.74, 6) is -1.41. The van der Waals surface area contributed by atoms with Crippen LogP contribution in [0.3, 0.4) is 0 Å². The molecule has 0 bridgehead atoms. The molecule has 1 unspecified atom stereocenters. The molecule has 1 saturated heterocycles. The molecule has 15 heteroatoms. The highest BCUT2D eigenvalue weighted by atomic mass is 35.5. The third kappa shape index (κ3) is 9.71. The standard InChI is InChI=1S/C35H45ClN4O10/c1-9-46-33(45)48-20(2)47-30(42)25-17-23-26(31(43)49-34(3,4)5)29(39-16-12-14-22(19-39)37-32(44)50-35(6,7)8)40(27(23)28(41)38-25)18-21-13-10-11-15-24(21)36/h10-11,13,15,17,20,22H,9,12,14,16,18-19H2,1-8H3,(H,37,44)(H,38,41)/t20?,22-/m1/s1. The second kappa shape index (κ2) is 15.4. The zero-order chi connectivity index (χ0) is 37.0. The number of aromatic nitrogens is 2. The summed E-state index contributed by atoms with van der Waals surface area (Å²) < 4.78 is 27.9. The van der Waals surface area contributed by atoms with E-state index in [2.05, 4.69) is 10.3 Å². The number of H-pyrrole nitrogens is 1. The zero-order valence-electron chi connectivity index (χ0n) is 29.6. The van der Waals surface area contributed by atoms with Gasteiger partial charge in [0.1, 0.15) is 33.8 Å². The van der Waals surface area contributed by atoms with Gasteiger partial charge in [-0.05, 0) is 79.0 Å². The molecule has 14 nitrogen and oxygen atoms in total. The Labute approximate surface area is 295 Å². The fourth-order valence-corrected chi connectivity index (χ4v) is 5.78. The number of alkyl carbamates (subject to hydrolysis) is 1. The van der Waals surface area contributed by atoms with Gasteiger partial charge in [0.05, 0.1) is 13.2 Å². The maximum absolute atomic E-state index is 14.2. The molecule has 272 valence electrons. The lowest BCUT2D eigenvalue weighted by atomic mass is 10.0. The predicted octanol–water partition coefficient (Wildman–Crippen LogP) is 6.16. The number of esters is 2. The minimum Gasteiger partial charge on any atom is -0.456 e. The zero-order valence-corrected chi connectivity index (χ0v) is 30.4. The summed E-state index contributed by atoms with van der Waals surface area (Å²) in [6.07, 6.45) is -1.69. The largest absolute Gasteiger partial charge is 0.511 e. The van der Waals surface area contributed by atoms with Gasteiger partial charge in [-0.25, -0.2) is 19.2 Å². The molecule has 2 aromatic heterocycles. The minimum atomic E-state index is -1.35. The number of fused-ring (bicyclic) bond motifs is 1. The summed E-state index contributed by atoms with van der Waals surface area (Å²) in [6, 6.07) is 8.09. The van der Waals surface area contributed by atoms with Gasteiger partial charge in [-0.1, -0.05) is 29.8 Å². The van der Waals surface area contributed by atoms with Gasteiger partial charge in [0.15, 0.2) is 0 Å². The lowest BCUT2D eigenvalue weighted by molar-refractivity contribution is -0.0814. The van der Waals surface area contributed by atoms with Gasteiger partial charge >= 0.3 is 24.2 Å². The van der Waals surface area contributed by atoms with Crippen LogP contribution in [0.25, 0.3) is 10.9 Å². The Hall–Kier alpha value is -4.72. The van der Waals surface area contributed by atoms with E-state index >= 15 is 0 Å². The average molecular weight is 717 g/mol. The molecular weight excluding hydrogens is 672 g/mol. The van der Waals surface area contributed by atoms with E-state index in [0.29, 0.717) is 35.8 Å². The maximum Gasteiger partial charge on any atom is 0.511 e. The Balaban J connectivity index is 1.89. The first kappa shape index (κ1) is 38.1. The van der Waals surface area contributed by atoms with Crippen molar-refractivity contribution >= 4 is 52.5 Å². The van der Waals surface area contributed by atoms with Crippen LogP contribution >= 0.6 is 11.6 Å². The second-order valence-electron chi connectivity index (χ2n) is 13.9. The molecule has 1 amide bonds. The normalized spacial score (nSPS) is 15.6. The molecule has 1 fully saturated rings. The van der Waals surface area contributed by atoms with Gasteiger partial charge in [-0.3, -0.25) is 4.79 Å². The lowest BCUT2D eigenvalue weighted by Gasteiger charge is -2.36. The highest BCUT2D eigenvalue weighted by molar-refractivity contribution is 6.31. The van der Waals surface area contributed by atoms with Crippen molar-refractivity contribution in [3.05, 3.63) is 62.5 Å². The number of benzene rings is 1. The molecular formula is C35H45ClN4O10. The number of hydrogen-bond donors (Lipinski definition) is 2. The van der Waals surface area contributed by atoms with Crippen LogP contribution in [-0.2, 0) is 30.2 Å². The van der Waals surface area contributed by atoms with Gasteiger partial charge in [-0.2, -0.15) is 0 Å². The smallest absolute Gasteiger partial charge is 0.456 e. The number of halogens is 1. The van der Waals surface area contributed by atoms with E-state index in [0.717, 1.165) is 0 Å². The number of pyridine rings is 1. The van der Waals surface area contributed by atoms with Crippen molar-refractivity contribution in [1.82, 2.24) is 14.9 Å². The number of aromatic amines is 1. The molecule has 3 aromatic rings. The van der Waals surface area contributed by atoms with Crippen LogP contribution < -0.4 is 15.8 Å². The van der Waals surface area contributed by atoms with Gasteiger partial charge in [-0.15, -0.1) is 0 Å². The number of hydrogen-bond acceptors (Lipinski definition) is 11. The third-order valence-corrected chi connectivity index (χ3v) is 7.74. The van der Waals surface area contributed by atoms with Crippen LogP contribution in [0.2, 0.25) is 5.02 Å². The summed E-state index contributed by atoms with van der Waals surface area (Å²) in [5.41, 5.74) is -1.83. The van der Waals surface area contributed by atoms with Crippen LogP contribution in [0, 0.1) is 0 Å². The summed E-state index contributed by atoms with van der Waals surface area (Å²) in [6.45, 7) is 14.2. The number of nitrogens with one attached hydrogen (secondary N) is 2. The van der Waals surface area contributed by atoms with Gasteiger partial charge < -0.3 is 43.5 Å². The number of ether oxygens (including phenoxy) is 5. The lowest BCUT2D eigenvalue weighted by Crippen LogP contribution is -2.49. The van der Waals surface area contributed by atoms with E-state index in [1.807, 2.05) is 4.90 Å². The van der Waals surface area contributed by atoms with Crippen molar-refractivity contribution in [2.45, 2.75) is 98.3 Å². The van der Waals surface area contributed by atoms with Crippen LogP contribution in [0.4, 0.5) is 15.4 Å². The van der Waals surface area contributed by atoms with Crippen molar-refractivity contribution in [3.63, 3.8) is 0 Å². The Morgan fingerprint density at radius 1 is 1.02 bits per heavy atom. The molecule has 1 aromatic carbocycles. The van der Waals surface area contributed by atoms with E-state index in [1.54, 1.807) is 77.3 Å². The summed E-state index contributed by atoms with van der Waals surface area (Å²) in [5, 5.41) is 3.49. The number of anilines is 1. The molecule has 0 saturated carbocycles. The van der Waals surface area contributed by atoms with Crippen LogP contribution in [0.1, 0.15) is 94.6 Å². The number of rotatable bonds is 9. The first-order chi connectivity index (χ1) is 23.4. The molecule has 2 atom stereocenters. The molecule has 0 spiro atoms. The molecule has 0 aliphatic carbocycles. The van der Waals surface area contributed by atoms with Gasteiger partial charge in [0.25, 0.3) is 5.56 Å². The average Bonchev–Trinajstić information content (AvgIpc) is 3.31. The fourth-order valence-electron chi connectivity index (χ4n) is 5.58. The number of piperidine rings is 1.